The molecule has 0 saturated heterocycles. The molecule has 0 aliphatic heterocycles. The van der Waals surface area contributed by atoms with Crippen molar-refractivity contribution >= 4 is 16.7 Å². The van der Waals surface area contributed by atoms with Gasteiger partial charge in [-0.05, 0) is 37.1 Å². The minimum Gasteiger partial charge on any atom is -0.439 e. The van der Waals surface area contributed by atoms with Crippen LogP contribution in [0.3, 0.4) is 0 Å². The molecule has 1 aromatic carbocycles. The molecule has 0 saturated carbocycles. The monoisotopic (exact) mass is 312 g/mol. The van der Waals surface area contributed by atoms with E-state index in [9.17, 15) is 14.9 Å². The fourth-order valence-corrected chi connectivity index (χ4v) is 2.21. The summed E-state index contributed by atoms with van der Waals surface area (Å²) < 4.78 is 10.9. The van der Waals surface area contributed by atoms with Crippen LogP contribution in [0.2, 0.25) is 0 Å². The number of fused-ring (bicyclic) bond motifs is 1. The average molecular weight is 312 g/mol. The van der Waals surface area contributed by atoms with Crippen LogP contribution in [0.4, 0.5) is 5.69 Å². The Balaban J connectivity index is 2.01. The molecule has 7 heteroatoms. The predicted octanol–water partition coefficient (Wildman–Crippen LogP) is 3.51. The quantitative estimate of drug-likeness (QED) is 0.417. The molecule has 0 N–H and O–H groups in total. The van der Waals surface area contributed by atoms with Crippen molar-refractivity contribution in [1.82, 2.24) is 4.98 Å². The van der Waals surface area contributed by atoms with Crippen LogP contribution in [0.15, 0.2) is 45.7 Å². The zero-order valence-electron chi connectivity index (χ0n) is 12.4. The highest BCUT2D eigenvalue weighted by atomic mass is 16.6. The SMILES string of the molecule is Cc1cc2oc(=O)cc(C)c2cc1Oc1ccc([N+](=O)[O-])cn1. The Labute approximate surface area is 130 Å². The number of pyridine rings is 1. The van der Waals surface area contributed by atoms with Crippen molar-refractivity contribution in [3.63, 3.8) is 0 Å². The molecule has 3 aromatic rings. The zero-order chi connectivity index (χ0) is 16.6. The Morgan fingerprint density at radius 2 is 1.96 bits per heavy atom. The second-order valence-electron chi connectivity index (χ2n) is 5.08. The molecule has 116 valence electrons. The van der Waals surface area contributed by atoms with Crippen LogP contribution in [0, 0.1) is 24.0 Å². The third-order valence-corrected chi connectivity index (χ3v) is 3.39. The van der Waals surface area contributed by atoms with Crippen molar-refractivity contribution in [2.45, 2.75) is 13.8 Å². The highest BCUT2D eigenvalue weighted by Crippen LogP contribution is 2.30. The molecule has 7 nitrogen and oxygen atoms in total. The summed E-state index contributed by atoms with van der Waals surface area (Å²) in [6.07, 6.45) is 1.13. The van der Waals surface area contributed by atoms with Gasteiger partial charge in [0.05, 0.1) is 4.92 Å². The highest BCUT2D eigenvalue weighted by Gasteiger charge is 2.11. The van der Waals surface area contributed by atoms with Gasteiger partial charge in [-0.15, -0.1) is 0 Å². The molecule has 0 bridgehead atoms. The van der Waals surface area contributed by atoms with E-state index in [0.717, 1.165) is 22.7 Å². The standard InChI is InChI=1S/C16H12N2O5/c1-9-6-16(19)23-14-5-10(2)13(7-12(9)14)22-15-4-3-11(8-17-15)18(20)21/h3-8H,1-2H3. The normalized spacial score (nSPS) is 10.7. The minimum atomic E-state index is -0.524. The number of nitro groups is 1. The van der Waals surface area contributed by atoms with Crippen molar-refractivity contribution in [3.8, 4) is 11.6 Å². The van der Waals surface area contributed by atoms with E-state index in [0.29, 0.717) is 11.3 Å². The van der Waals surface area contributed by atoms with E-state index in [-0.39, 0.29) is 11.6 Å². The first kappa shape index (κ1) is 14.7. The molecule has 2 aromatic heterocycles. The van der Waals surface area contributed by atoms with Crippen LogP contribution in [0.1, 0.15) is 11.1 Å². The fourth-order valence-electron chi connectivity index (χ4n) is 2.21. The largest absolute Gasteiger partial charge is 0.439 e. The lowest BCUT2D eigenvalue weighted by atomic mass is 10.1. The van der Waals surface area contributed by atoms with Crippen molar-refractivity contribution in [2.24, 2.45) is 0 Å². The Hall–Kier alpha value is -3.22. The summed E-state index contributed by atoms with van der Waals surface area (Å²) in [6.45, 7) is 3.62. The van der Waals surface area contributed by atoms with Crippen LogP contribution < -0.4 is 10.4 Å². The summed E-state index contributed by atoms with van der Waals surface area (Å²) in [4.78, 5) is 25.4. The van der Waals surface area contributed by atoms with Crippen molar-refractivity contribution in [2.75, 3.05) is 0 Å². The first-order chi connectivity index (χ1) is 10.9. The fraction of sp³-hybridized carbons (Fsp3) is 0.125. The summed E-state index contributed by atoms with van der Waals surface area (Å²) in [5.74, 6) is 0.781. The number of nitrogens with zero attached hydrogens (tertiary/aromatic N) is 2. The highest BCUT2D eigenvalue weighted by molar-refractivity contribution is 5.82. The van der Waals surface area contributed by atoms with E-state index >= 15 is 0 Å². The maximum Gasteiger partial charge on any atom is 0.336 e. The van der Waals surface area contributed by atoms with Gasteiger partial charge in [0.15, 0.2) is 0 Å². The molecular weight excluding hydrogens is 300 g/mol. The third kappa shape index (κ3) is 2.89. The van der Waals surface area contributed by atoms with Crippen LogP contribution in [-0.2, 0) is 0 Å². The molecule has 0 atom stereocenters. The first-order valence-corrected chi connectivity index (χ1v) is 6.77. The summed E-state index contributed by atoms with van der Waals surface area (Å²) in [7, 11) is 0. The van der Waals surface area contributed by atoms with Gasteiger partial charge in [0.1, 0.15) is 17.5 Å². The Bertz CT molecular complexity index is 961. The molecule has 0 amide bonds. The number of aryl methyl sites for hydroxylation is 2. The maximum absolute atomic E-state index is 11.4. The van der Waals surface area contributed by atoms with Crippen LogP contribution >= 0.6 is 0 Å². The lowest BCUT2D eigenvalue weighted by Crippen LogP contribution is -1.99. The molecule has 0 radical (unpaired) electrons. The third-order valence-electron chi connectivity index (χ3n) is 3.39. The van der Waals surface area contributed by atoms with Gasteiger partial charge < -0.3 is 9.15 Å². The number of rotatable bonds is 3. The Kier molecular flexibility index (Phi) is 3.53. The second-order valence-corrected chi connectivity index (χ2v) is 5.08. The second kappa shape index (κ2) is 5.53. The Morgan fingerprint density at radius 3 is 2.61 bits per heavy atom. The lowest BCUT2D eigenvalue weighted by molar-refractivity contribution is -0.385. The van der Waals surface area contributed by atoms with Crippen LogP contribution in [0.25, 0.3) is 11.0 Å². The van der Waals surface area contributed by atoms with Gasteiger partial charge in [-0.3, -0.25) is 10.1 Å². The number of benzene rings is 1. The zero-order valence-corrected chi connectivity index (χ0v) is 12.4. The molecule has 0 unspecified atom stereocenters. The topological polar surface area (TPSA) is 95.5 Å². The van der Waals surface area contributed by atoms with E-state index in [1.54, 1.807) is 12.1 Å². The smallest absolute Gasteiger partial charge is 0.336 e. The van der Waals surface area contributed by atoms with E-state index in [2.05, 4.69) is 4.98 Å². The van der Waals surface area contributed by atoms with Gasteiger partial charge in [-0.25, -0.2) is 9.78 Å². The molecule has 0 spiro atoms. The number of ether oxygens (including phenoxy) is 1. The first-order valence-electron chi connectivity index (χ1n) is 6.77. The minimum absolute atomic E-state index is 0.106. The van der Waals surface area contributed by atoms with E-state index < -0.39 is 10.5 Å². The summed E-state index contributed by atoms with van der Waals surface area (Å²) in [5.41, 5.74) is 1.51. The molecule has 0 aliphatic rings. The van der Waals surface area contributed by atoms with E-state index in [4.69, 9.17) is 9.15 Å². The molecule has 0 fully saturated rings. The summed E-state index contributed by atoms with van der Waals surface area (Å²) in [5, 5.41) is 11.4. The van der Waals surface area contributed by atoms with E-state index in [1.165, 1.54) is 18.2 Å². The molecule has 3 rings (SSSR count). The molecule has 23 heavy (non-hydrogen) atoms. The van der Waals surface area contributed by atoms with E-state index in [1.807, 2.05) is 13.8 Å². The van der Waals surface area contributed by atoms with Gasteiger partial charge in [-0.2, -0.15) is 0 Å². The molecule has 2 heterocycles. The number of hydrogen-bond donors (Lipinski definition) is 0. The van der Waals surface area contributed by atoms with Gasteiger partial charge in [0.2, 0.25) is 5.88 Å². The summed E-state index contributed by atoms with van der Waals surface area (Å²) >= 11 is 0. The number of aromatic nitrogens is 1. The van der Waals surface area contributed by atoms with Gasteiger partial charge in [-0.1, -0.05) is 0 Å². The van der Waals surface area contributed by atoms with Crippen LogP contribution in [-0.4, -0.2) is 9.91 Å². The van der Waals surface area contributed by atoms with Crippen molar-refractivity contribution < 1.29 is 14.1 Å². The lowest BCUT2D eigenvalue weighted by Gasteiger charge is -2.09. The average Bonchev–Trinajstić information content (AvgIpc) is 2.49. The van der Waals surface area contributed by atoms with Crippen molar-refractivity contribution in [3.05, 3.63) is 68.2 Å². The predicted molar refractivity (Wildman–Crippen MR) is 82.9 cm³/mol. The Morgan fingerprint density at radius 1 is 1.17 bits per heavy atom. The molecular formula is C16H12N2O5. The van der Waals surface area contributed by atoms with Gasteiger partial charge in [0.25, 0.3) is 5.69 Å². The maximum atomic E-state index is 11.4. The summed E-state index contributed by atoms with van der Waals surface area (Å²) in [6, 6.07) is 7.63. The number of hydrogen-bond acceptors (Lipinski definition) is 6. The van der Waals surface area contributed by atoms with Crippen molar-refractivity contribution in [1.29, 1.82) is 0 Å². The van der Waals surface area contributed by atoms with Gasteiger partial charge in [0, 0.05) is 23.6 Å². The van der Waals surface area contributed by atoms with Crippen LogP contribution in [0.5, 0.6) is 11.6 Å². The molecule has 0 aliphatic carbocycles. The van der Waals surface area contributed by atoms with Gasteiger partial charge >= 0.3 is 5.63 Å².